The van der Waals surface area contributed by atoms with E-state index < -0.39 is 0 Å². The summed E-state index contributed by atoms with van der Waals surface area (Å²) in [6, 6.07) is 0. The van der Waals surface area contributed by atoms with Crippen LogP contribution in [0.5, 0.6) is 0 Å². The second-order valence-electron chi connectivity index (χ2n) is 4.07. The van der Waals surface area contributed by atoms with Crippen LogP contribution in [-0.4, -0.2) is 34.2 Å². The smallest absolute Gasteiger partial charge is 0.290 e. The van der Waals surface area contributed by atoms with Gasteiger partial charge in [0.1, 0.15) is 5.82 Å². The SMILES string of the molecule is NCCCCNC(=O)c1n[nH]c(C2CC2)n1. The summed E-state index contributed by atoms with van der Waals surface area (Å²) in [6.07, 6.45) is 4.10. The number of aromatic amines is 1. The summed E-state index contributed by atoms with van der Waals surface area (Å²) in [6.45, 7) is 1.28. The number of nitrogens with one attached hydrogen (secondary N) is 2. The van der Waals surface area contributed by atoms with Crippen LogP contribution in [0.2, 0.25) is 0 Å². The normalized spacial score (nSPS) is 15.1. The van der Waals surface area contributed by atoms with E-state index in [4.69, 9.17) is 5.73 Å². The summed E-state index contributed by atoms with van der Waals surface area (Å²) in [5.41, 5.74) is 5.36. The van der Waals surface area contributed by atoms with E-state index >= 15 is 0 Å². The Kier molecular flexibility index (Phi) is 3.51. The molecule has 6 nitrogen and oxygen atoms in total. The third kappa shape index (κ3) is 2.79. The Morgan fingerprint density at radius 2 is 2.31 bits per heavy atom. The first-order chi connectivity index (χ1) is 7.81. The van der Waals surface area contributed by atoms with Crippen molar-refractivity contribution >= 4 is 5.91 Å². The molecule has 0 saturated heterocycles. The fraction of sp³-hybridized carbons (Fsp3) is 0.700. The average Bonchev–Trinajstić information content (AvgIpc) is 3.02. The van der Waals surface area contributed by atoms with E-state index in [0.717, 1.165) is 31.5 Å². The Morgan fingerprint density at radius 3 is 3.00 bits per heavy atom. The second kappa shape index (κ2) is 5.07. The third-order valence-corrected chi connectivity index (χ3v) is 2.59. The number of H-pyrrole nitrogens is 1. The molecule has 88 valence electrons. The van der Waals surface area contributed by atoms with Gasteiger partial charge in [0.05, 0.1) is 0 Å². The number of aromatic nitrogens is 3. The van der Waals surface area contributed by atoms with Gasteiger partial charge in [-0.25, -0.2) is 4.98 Å². The van der Waals surface area contributed by atoms with Crippen LogP contribution >= 0.6 is 0 Å². The van der Waals surface area contributed by atoms with Crippen molar-refractivity contribution in [3.05, 3.63) is 11.6 Å². The van der Waals surface area contributed by atoms with Gasteiger partial charge in [0, 0.05) is 12.5 Å². The standard InChI is InChI=1S/C10H17N5O/c11-5-1-2-6-12-10(16)9-13-8(14-15-9)7-3-4-7/h7H,1-6,11H2,(H,12,16)(H,13,14,15). The van der Waals surface area contributed by atoms with Crippen LogP contribution in [0.4, 0.5) is 0 Å². The molecule has 1 aliphatic rings. The van der Waals surface area contributed by atoms with Crippen molar-refractivity contribution in [2.75, 3.05) is 13.1 Å². The van der Waals surface area contributed by atoms with Gasteiger partial charge in [-0.3, -0.25) is 9.89 Å². The van der Waals surface area contributed by atoms with Gasteiger partial charge in [-0.05, 0) is 32.2 Å². The predicted molar refractivity (Wildman–Crippen MR) is 59.0 cm³/mol. The lowest BCUT2D eigenvalue weighted by Gasteiger charge is -2.00. The monoisotopic (exact) mass is 223 g/mol. The first kappa shape index (κ1) is 11.1. The zero-order valence-corrected chi connectivity index (χ0v) is 9.20. The molecule has 1 amide bonds. The highest BCUT2D eigenvalue weighted by Gasteiger charge is 2.28. The maximum atomic E-state index is 11.6. The van der Waals surface area contributed by atoms with E-state index in [1.165, 1.54) is 0 Å². The highest BCUT2D eigenvalue weighted by molar-refractivity contribution is 5.90. The number of hydrogen-bond acceptors (Lipinski definition) is 4. The lowest BCUT2D eigenvalue weighted by molar-refractivity contribution is 0.0943. The van der Waals surface area contributed by atoms with Gasteiger partial charge < -0.3 is 11.1 Å². The van der Waals surface area contributed by atoms with E-state index in [1.807, 2.05) is 0 Å². The summed E-state index contributed by atoms with van der Waals surface area (Å²) in [4.78, 5) is 15.7. The molecule has 0 bridgehead atoms. The van der Waals surface area contributed by atoms with E-state index in [-0.39, 0.29) is 11.7 Å². The number of unbranched alkanes of at least 4 members (excludes halogenated alkanes) is 1. The highest BCUT2D eigenvalue weighted by atomic mass is 16.2. The fourth-order valence-electron chi connectivity index (χ4n) is 1.47. The van der Waals surface area contributed by atoms with Crippen molar-refractivity contribution < 1.29 is 4.79 Å². The van der Waals surface area contributed by atoms with E-state index in [1.54, 1.807) is 0 Å². The molecule has 0 aliphatic heterocycles. The van der Waals surface area contributed by atoms with Crippen molar-refractivity contribution in [1.29, 1.82) is 0 Å². The van der Waals surface area contributed by atoms with Crippen LogP contribution in [0.15, 0.2) is 0 Å². The average molecular weight is 223 g/mol. The van der Waals surface area contributed by atoms with Crippen molar-refractivity contribution in [2.24, 2.45) is 5.73 Å². The van der Waals surface area contributed by atoms with Gasteiger partial charge in [-0.15, -0.1) is 5.10 Å². The Balaban J connectivity index is 1.78. The fourth-order valence-corrected chi connectivity index (χ4v) is 1.47. The van der Waals surface area contributed by atoms with Crippen LogP contribution in [0.25, 0.3) is 0 Å². The zero-order valence-electron chi connectivity index (χ0n) is 9.20. The number of amides is 1. The molecule has 4 N–H and O–H groups in total. The molecule has 0 spiro atoms. The molecule has 1 aliphatic carbocycles. The molecule has 1 heterocycles. The molecule has 0 radical (unpaired) electrons. The van der Waals surface area contributed by atoms with Crippen LogP contribution in [0.1, 0.15) is 48.0 Å². The minimum atomic E-state index is -0.208. The topological polar surface area (TPSA) is 96.7 Å². The molecule has 1 fully saturated rings. The number of nitrogens with zero attached hydrogens (tertiary/aromatic N) is 2. The van der Waals surface area contributed by atoms with E-state index in [9.17, 15) is 4.79 Å². The molecule has 1 aromatic rings. The summed E-state index contributed by atoms with van der Waals surface area (Å²) in [5, 5.41) is 9.48. The maximum Gasteiger partial charge on any atom is 0.290 e. The Labute approximate surface area is 94.0 Å². The molecule has 0 aromatic carbocycles. The predicted octanol–water partition coefficient (Wildman–Crippen LogP) is 0.151. The van der Waals surface area contributed by atoms with Gasteiger partial charge in [-0.1, -0.05) is 0 Å². The van der Waals surface area contributed by atoms with Gasteiger partial charge >= 0.3 is 0 Å². The molecular formula is C10H17N5O. The third-order valence-electron chi connectivity index (χ3n) is 2.59. The molecule has 0 unspecified atom stereocenters. The number of nitrogens with two attached hydrogens (primary N) is 1. The largest absolute Gasteiger partial charge is 0.349 e. The number of hydrogen-bond donors (Lipinski definition) is 3. The quantitative estimate of drug-likeness (QED) is 0.598. The van der Waals surface area contributed by atoms with Gasteiger partial charge in [0.25, 0.3) is 5.91 Å². The molecule has 1 saturated carbocycles. The molecule has 16 heavy (non-hydrogen) atoms. The summed E-state index contributed by atoms with van der Waals surface area (Å²) < 4.78 is 0. The van der Waals surface area contributed by atoms with Crippen LogP contribution < -0.4 is 11.1 Å². The molecular weight excluding hydrogens is 206 g/mol. The van der Waals surface area contributed by atoms with Crippen LogP contribution in [0.3, 0.4) is 0 Å². The van der Waals surface area contributed by atoms with Crippen LogP contribution in [-0.2, 0) is 0 Å². The lowest BCUT2D eigenvalue weighted by Crippen LogP contribution is -2.26. The summed E-state index contributed by atoms with van der Waals surface area (Å²) in [5.74, 6) is 1.37. The Bertz CT molecular complexity index is 358. The number of carbonyl (C=O) groups is 1. The maximum absolute atomic E-state index is 11.6. The molecule has 1 aromatic heterocycles. The van der Waals surface area contributed by atoms with Gasteiger partial charge in [-0.2, -0.15) is 0 Å². The van der Waals surface area contributed by atoms with Crippen molar-refractivity contribution in [2.45, 2.75) is 31.6 Å². The molecule has 2 rings (SSSR count). The first-order valence-electron chi connectivity index (χ1n) is 5.72. The van der Waals surface area contributed by atoms with Gasteiger partial charge in [0.2, 0.25) is 5.82 Å². The molecule has 6 heteroatoms. The van der Waals surface area contributed by atoms with Crippen molar-refractivity contribution in [3.63, 3.8) is 0 Å². The van der Waals surface area contributed by atoms with Gasteiger partial charge in [0.15, 0.2) is 0 Å². The Morgan fingerprint density at radius 1 is 1.50 bits per heavy atom. The Hall–Kier alpha value is -1.43. The first-order valence-corrected chi connectivity index (χ1v) is 5.72. The number of carbonyl (C=O) groups excluding carboxylic acids is 1. The minimum Gasteiger partial charge on any atom is -0.349 e. The zero-order chi connectivity index (χ0) is 11.4. The second-order valence-corrected chi connectivity index (χ2v) is 4.07. The number of rotatable bonds is 6. The van der Waals surface area contributed by atoms with Crippen molar-refractivity contribution in [3.8, 4) is 0 Å². The van der Waals surface area contributed by atoms with Crippen molar-refractivity contribution in [1.82, 2.24) is 20.5 Å². The summed E-state index contributed by atoms with van der Waals surface area (Å²) in [7, 11) is 0. The van der Waals surface area contributed by atoms with Crippen LogP contribution in [0, 0.1) is 0 Å². The van der Waals surface area contributed by atoms with E-state index in [0.29, 0.717) is 19.0 Å². The molecule has 0 atom stereocenters. The summed E-state index contributed by atoms with van der Waals surface area (Å²) >= 11 is 0. The lowest BCUT2D eigenvalue weighted by atomic mass is 10.3. The minimum absolute atomic E-state index is 0.208. The highest BCUT2D eigenvalue weighted by Crippen LogP contribution is 2.37. The van der Waals surface area contributed by atoms with E-state index in [2.05, 4.69) is 20.5 Å².